The molecule has 186 valence electrons. The van der Waals surface area contributed by atoms with Crippen molar-refractivity contribution < 1.29 is 18.0 Å². The predicted molar refractivity (Wildman–Crippen MR) is 137 cm³/mol. The van der Waals surface area contributed by atoms with E-state index in [4.69, 9.17) is 0 Å². The first-order valence-electron chi connectivity index (χ1n) is 11.7. The molecule has 0 saturated heterocycles. The largest absolute Gasteiger partial charge is 0.352 e. The van der Waals surface area contributed by atoms with E-state index in [9.17, 15) is 18.0 Å². The normalized spacial score (nSPS) is 13.1. The van der Waals surface area contributed by atoms with Crippen LogP contribution in [-0.4, -0.2) is 50.0 Å². The van der Waals surface area contributed by atoms with Gasteiger partial charge in [0.25, 0.3) is 0 Å². The highest BCUT2D eigenvalue weighted by Crippen LogP contribution is 2.21. The Morgan fingerprint density at radius 1 is 0.971 bits per heavy atom. The van der Waals surface area contributed by atoms with Gasteiger partial charge in [-0.3, -0.25) is 13.9 Å². The first-order chi connectivity index (χ1) is 16.0. The van der Waals surface area contributed by atoms with E-state index in [1.54, 1.807) is 18.2 Å². The highest BCUT2D eigenvalue weighted by molar-refractivity contribution is 7.92. The van der Waals surface area contributed by atoms with Crippen LogP contribution in [0.5, 0.6) is 0 Å². The second-order valence-electron chi connectivity index (χ2n) is 8.86. The molecule has 8 heteroatoms. The number of hydrogen-bond acceptors (Lipinski definition) is 4. The Morgan fingerprint density at radius 2 is 1.62 bits per heavy atom. The predicted octanol–water partition coefficient (Wildman–Crippen LogP) is 3.79. The van der Waals surface area contributed by atoms with Gasteiger partial charge in [0, 0.05) is 12.6 Å². The number of nitrogens with zero attached hydrogens (tertiary/aromatic N) is 2. The molecule has 2 aromatic rings. The molecule has 0 aliphatic carbocycles. The van der Waals surface area contributed by atoms with Crippen LogP contribution in [-0.2, 0) is 26.2 Å². The van der Waals surface area contributed by atoms with Gasteiger partial charge in [-0.15, -0.1) is 0 Å². The molecule has 0 spiro atoms. The molecule has 0 aliphatic rings. The minimum Gasteiger partial charge on any atom is -0.352 e. The molecule has 0 aliphatic heterocycles. The van der Waals surface area contributed by atoms with Crippen molar-refractivity contribution in [3.05, 3.63) is 65.2 Å². The van der Waals surface area contributed by atoms with Gasteiger partial charge < -0.3 is 10.2 Å². The van der Waals surface area contributed by atoms with Crippen molar-refractivity contribution in [3.63, 3.8) is 0 Å². The van der Waals surface area contributed by atoms with Gasteiger partial charge >= 0.3 is 0 Å². The first kappa shape index (κ1) is 27.4. The lowest BCUT2D eigenvalue weighted by atomic mass is 10.1. The molecule has 1 N–H and O–H groups in total. The van der Waals surface area contributed by atoms with Crippen molar-refractivity contribution in [2.24, 2.45) is 0 Å². The average molecular weight is 488 g/mol. The zero-order valence-electron chi connectivity index (χ0n) is 21.0. The molecule has 0 unspecified atom stereocenters. The summed E-state index contributed by atoms with van der Waals surface area (Å²) in [6.45, 7) is 9.41. The summed E-state index contributed by atoms with van der Waals surface area (Å²) in [6, 6.07) is 14.0. The highest BCUT2D eigenvalue weighted by atomic mass is 32.2. The third kappa shape index (κ3) is 7.58. The first-order valence-corrected chi connectivity index (χ1v) is 13.5. The number of carbonyl (C=O) groups is 2. The monoisotopic (exact) mass is 487 g/mol. The fourth-order valence-electron chi connectivity index (χ4n) is 3.65. The summed E-state index contributed by atoms with van der Waals surface area (Å²) in [7, 11) is -3.73. The Hall–Kier alpha value is -2.87. The van der Waals surface area contributed by atoms with Crippen molar-refractivity contribution in [2.45, 2.75) is 66.1 Å². The number of carbonyl (C=O) groups excluding carboxylic acids is 2. The summed E-state index contributed by atoms with van der Waals surface area (Å²) >= 11 is 0. The zero-order valence-corrected chi connectivity index (χ0v) is 21.9. The van der Waals surface area contributed by atoms with E-state index in [-0.39, 0.29) is 25.0 Å². The molecule has 7 nitrogen and oxygen atoms in total. The standard InChI is InChI=1S/C26H37N3O4S/c1-7-21(5)27-26(31)24(8-2)28(17-22-14-12-19(3)13-15-22)25(30)18-29(34(6,32)33)23-11-9-10-20(4)16-23/h9-16,21,24H,7-8,17-18H2,1-6H3,(H,27,31)/t21-,24-/m1/s1. The minimum absolute atomic E-state index is 0.0299. The van der Waals surface area contributed by atoms with Crippen LogP contribution in [0.2, 0.25) is 0 Å². The van der Waals surface area contributed by atoms with Crippen LogP contribution in [0.3, 0.4) is 0 Å². The van der Waals surface area contributed by atoms with Crippen LogP contribution >= 0.6 is 0 Å². The smallest absolute Gasteiger partial charge is 0.244 e. The number of rotatable bonds is 11. The Bertz CT molecular complexity index is 1080. The highest BCUT2D eigenvalue weighted by Gasteiger charge is 2.32. The maximum atomic E-state index is 13.6. The summed E-state index contributed by atoms with van der Waals surface area (Å²) in [5, 5.41) is 2.97. The lowest BCUT2D eigenvalue weighted by molar-refractivity contribution is -0.140. The van der Waals surface area contributed by atoms with Gasteiger partial charge in [-0.25, -0.2) is 8.42 Å². The number of hydrogen-bond donors (Lipinski definition) is 1. The third-order valence-corrected chi connectivity index (χ3v) is 6.97. The Balaban J connectivity index is 2.43. The Labute approximate surface area is 204 Å². The van der Waals surface area contributed by atoms with Crippen LogP contribution in [0.4, 0.5) is 5.69 Å². The lowest BCUT2D eigenvalue weighted by Gasteiger charge is -2.33. The van der Waals surface area contributed by atoms with Crippen molar-refractivity contribution in [1.29, 1.82) is 0 Å². The minimum atomic E-state index is -3.73. The van der Waals surface area contributed by atoms with Gasteiger partial charge in [-0.05, 0) is 56.9 Å². The van der Waals surface area contributed by atoms with Gasteiger partial charge in [0.05, 0.1) is 11.9 Å². The number of amides is 2. The molecule has 2 aromatic carbocycles. The Morgan fingerprint density at radius 3 is 2.15 bits per heavy atom. The molecule has 0 heterocycles. The molecular weight excluding hydrogens is 450 g/mol. The molecule has 2 rings (SSSR count). The summed E-state index contributed by atoms with van der Waals surface area (Å²) in [5.74, 6) is -0.669. The van der Waals surface area contributed by atoms with Gasteiger partial charge in [0.2, 0.25) is 21.8 Å². The fraction of sp³-hybridized carbons (Fsp3) is 0.462. The number of aryl methyl sites for hydroxylation is 2. The van der Waals surface area contributed by atoms with E-state index in [0.717, 1.165) is 33.7 Å². The maximum Gasteiger partial charge on any atom is 0.244 e. The van der Waals surface area contributed by atoms with Gasteiger partial charge in [0.1, 0.15) is 12.6 Å². The maximum absolute atomic E-state index is 13.6. The van der Waals surface area contributed by atoms with Gasteiger partial charge in [-0.2, -0.15) is 0 Å². The van der Waals surface area contributed by atoms with Crippen LogP contribution in [0.15, 0.2) is 48.5 Å². The number of benzene rings is 2. The van der Waals surface area contributed by atoms with Crippen LogP contribution in [0.25, 0.3) is 0 Å². The van der Waals surface area contributed by atoms with Gasteiger partial charge in [-0.1, -0.05) is 55.8 Å². The Kier molecular flexibility index (Phi) is 9.67. The second kappa shape index (κ2) is 12.0. The molecule has 0 fully saturated rings. The number of nitrogens with one attached hydrogen (secondary N) is 1. The fourth-order valence-corrected chi connectivity index (χ4v) is 4.49. The zero-order chi connectivity index (χ0) is 25.5. The quantitative estimate of drug-likeness (QED) is 0.522. The molecule has 0 aromatic heterocycles. The molecular formula is C26H37N3O4S. The second-order valence-corrected chi connectivity index (χ2v) is 10.8. The van der Waals surface area contributed by atoms with Crippen molar-refractivity contribution in [3.8, 4) is 0 Å². The van der Waals surface area contributed by atoms with Crippen LogP contribution in [0.1, 0.15) is 50.3 Å². The SMILES string of the molecule is CC[C@@H](C)NC(=O)[C@@H](CC)N(Cc1ccc(C)cc1)C(=O)CN(c1cccc(C)c1)S(C)(=O)=O. The summed E-state index contributed by atoms with van der Waals surface area (Å²) in [5.41, 5.74) is 3.26. The van der Waals surface area contributed by atoms with E-state index in [1.807, 2.05) is 65.0 Å². The van der Waals surface area contributed by atoms with E-state index in [0.29, 0.717) is 12.1 Å². The lowest BCUT2D eigenvalue weighted by Crippen LogP contribution is -2.53. The van der Waals surface area contributed by atoms with Crippen molar-refractivity contribution >= 4 is 27.5 Å². The van der Waals surface area contributed by atoms with E-state index < -0.39 is 22.0 Å². The van der Waals surface area contributed by atoms with E-state index in [1.165, 1.54) is 4.90 Å². The van der Waals surface area contributed by atoms with Crippen molar-refractivity contribution in [2.75, 3.05) is 17.1 Å². The third-order valence-electron chi connectivity index (χ3n) is 5.83. The van der Waals surface area contributed by atoms with Crippen molar-refractivity contribution in [1.82, 2.24) is 10.2 Å². The van der Waals surface area contributed by atoms with Crippen LogP contribution in [0, 0.1) is 13.8 Å². The molecule has 2 amide bonds. The molecule has 34 heavy (non-hydrogen) atoms. The summed E-state index contributed by atoms with van der Waals surface area (Å²) in [4.78, 5) is 28.2. The van der Waals surface area contributed by atoms with E-state index >= 15 is 0 Å². The summed E-state index contributed by atoms with van der Waals surface area (Å²) < 4.78 is 26.4. The van der Waals surface area contributed by atoms with Crippen LogP contribution < -0.4 is 9.62 Å². The number of sulfonamides is 1. The average Bonchev–Trinajstić information content (AvgIpc) is 2.77. The molecule has 0 bridgehead atoms. The molecule has 0 saturated carbocycles. The van der Waals surface area contributed by atoms with E-state index in [2.05, 4.69) is 5.32 Å². The number of anilines is 1. The topological polar surface area (TPSA) is 86.8 Å². The molecule has 0 radical (unpaired) electrons. The molecule has 2 atom stereocenters. The summed E-state index contributed by atoms with van der Waals surface area (Å²) in [6.07, 6.45) is 2.26. The van der Waals surface area contributed by atoms with Gasteiger partial charge in [0.15, 0.2) is 0 Å².